The van der Waals surface area contributed by atoms with Crippen molar-refractivity contribution >= 4 is 16.0 Å². The number of carbonyl (C=O) groups is 1. The Bertz CT molecular complexity index is 566. The number of hydrogen-bond donors (Lipinski definition) is 1. The van der Waals surface area contributed by atoms with Crippen LogP contribution in [0.1, 0.15) is 16.8 Å². The number of ether oxygens (including phenoxy) is 1. The summed E-state index contributed by atoms with van der Waals surface area (Å²) in [5.74, 6) is -0.444. The quantitative estimate of drug-likeness (QED) is 0.884. The van der Waals surface area contributed by atoms with E-state index in [1.54, 1.807) is 12.1 Å². The van der Waals surface area contributed by atoms with E-state index in [0.717, 1.165) is 0 Å². The van der Waals surface area contributed by atoms with Crippen LogP contribution in [0, 0.1) is 0 Å². The molecule has 2 rings (SSSR count). The maximum absolute atomic E-state index is 11.4. The molecule has 0 aliphatic carbocycles. The number of aromatic carboxylic acids is 1. The molecule has 7 heteroatoms. The standard InChI is InChI=1S/C12H15NO5S/c1-19(16,17)13-7-6-11(8-13)18-10-4-2-9(3-5-10)12(14)15/h2-5,11H,6-8H2,1H3,(H,14,15)/t11-/m1/s1. The van der Waals surface area contributed by atoms with Crippen LogP contribution in [0.2, 0.25) is 0 Å². The van der Waals surface area contributed by atoms with E-state index in [2.05, 4.69) is 0 Å². The Kier molecular flexibility index (Phi) is 3.77. The Morgan fingerprint density at radius 3 is 2.47 bits per heavy atom. The normalized spacial score (nSPS) is 20.4. The number of nitrogens with zero attached hydrogens (tertiary/aromatic N) is 1. The summed E-state index contributed by atoms with van der Waals surface area (Å²) < 4.78 is 29.7. The summed E-state index contributed by atoms with van der Waals surface area (Å²) in [4.78, 5) is 10.7. The van der Waals surface area contributed by atoms with Gasteiger partial charge in [-0.1, -0.05) is 0 Å². The second kappa shape index (κ2) is 5.18. The Labute approximate surface area is 111 Å². The predicted octanol–water partition coefficient (Wildman–Crippen LogP) is 0.797. The van der Waals surface area contributed by atoms with Gasteiger partial charge in [-0.15, -0.1) is 0 Å². The summed E-state index contributed by atoms with van der Waals surface area (Å²) >= 11 is 0. The maximum atomic E-state index is 11.4. The Hall–Kier alpha value is -1.60. The Morgan fingerprint density at radius 2 is 2.00 bits per heavy atom. The Morgan fingerprint density at radius 1 is 1.37 bits per heavy atom. The first-order valence-corrected chi connectivity index (χ1v) is 7.66. The topological polar surface area (TPSA) is 83.9 Å². The fourth-order valence-corrected chi connectivity index (χ4v) is 2.84. The second-order valence-electron chi connectivity index (χ2n) is 4.48. The lowest BCUT2D eigenvalue weighted by Crippen LogP contribution is -2.29. The fourth-order valence-electron chi connectivity index (χ4n) is 1.96. The van der Waals surface area contributed by atoms with Gasteiger partial charge in [0.15, 0.2) is 0 Å². The third kappa shape index (κ3) is 3.45. The van der Waals surface area contributed by atoms with Gasteiger partial charge in [0.2, 0.25) is 10.0 Å². The summed E-state index contributed by atoms with van der Waals surface area (Å²) in [7, 11) is -3.17. The minimum atomic E-state index is -3.17. The molecule has 1 fully saturated rings. The van der Waals surface area contributed by atoms with E-state index in [1.807, 2.05) is 0 Å². The summed E-state index contributed by atoms with van der Waals surface area (Å²) in [6, 6.07) is 6.07. The van der Waals surface area contributed by atoms with Crippen LogP contribution in [0.4, 0.5) is 0 Å². The van der Waals surface area contributed by atoms with Crippen molar-refractivity contribution < 1.29 is 23.1 Å². The van der Waals surface area contributed by atoms with Crippen molar-refractivity contribution in [1.29, 1.82) is 0 Å². The maximum Gasteiger partial charge on any atom is 0.335 e. The second-order valence-corrected chi connectivity index (χ2v) is 6.46. The molecule has 1 aliphatic rings. The van der Waals surface area contributed by atoms with Gasteiger partial charge in [0, 0.05) is 6.54 Å². The zero-order chi connectivity index (χ0) is 14.0. The molecule has 1 aliphatic heterocycles. The van der Waals surface area contributed by atoms with Crippen molar-refractivity contribution in [2.45, 2.75) is 12.5 Å². The first-order valence-electron chi connectivity index (χ1n) is 5.81. The van der Waals surface area contributed by atoms with Crippen LogP contribution in [0.25, 0.3) is 0 Å². The van der Waals surface area contributed by atoms with Crippen LogP contribution in [-0.4, -0.2) is 49.2 Å². The Balaban J connectivity index is 1.98. The number of benzene rings is 1. The van der Waals surface area contributed by atoms with Crippen LogP contribution in [0.3, 0.4) is 0 Å². The number of carboxylic acid groups (broad SMARTS) is 1. The van der Waals surface area contributed by atoms with Crippen molar-refractivity contribution in [3.63, 3.8) is 0 Å². The third-order valence-electron chi connectivity index (χ3n) is 2.98. The van der Waals surface area contributed by atoms with Gasteiger partial charge in [-0.3, -0.25) is 0 Å². The molecule has 19 heavy (non-hydrogen) atoms. The average molecular weight is 285 g/mol. The number of carboxylic acids is 1. The molecule has 1 aromatic carbocycles. The minimum Gasteiger partial charge on any atom is -0.489 e. The van der Waals surface area contributed by atoms with Gasteiger partial charge in [-0.05, 0) is 30.7 Å². The molecule has 0 unspecified atom stereocenters. The first-order chi connectivity index (χ1) is 8.86. The average Bonchev–Trinajstić information content (AvgIpc) is 2.78. The van der Waals surface area contributed by atoms with Crippen molar-refractivity contribution in [2.75, 3.05) is 19.3 Å². The van der Waals surface area contributed by atoms with E-state index >= 15 is 0 Å². The van der Waals surface area contributed by atoms with Crippen molar-refractivity contribution in [3.8, 4) is 5.75 Å². The van der Waals surface area contributed by atoms with E-state index in [1.165, 1.54) is 22.7 Å². The smallest absolute Gasteiger partial charge is 0.335 e. The van der Waals surface area contributed by atoms with E-state index in [4.69, 9.17) is 9.84 Å². The van der Waals surface area contributed by atoms with E-state index < -0.39 is 16.0 Å². The van der Waals surface area contributed by atoms with Crippen molar-refractivity contribution in [1.82, 2.24) is 4.31 Å². The molecule has 1 N–H and O–H groups in total. The molecule has 104 valence electrons. The molecule has 0 aromatic heterocycles. The molecule has 1 heterocycles. The fraction of sp³-hybridized carbons (Fsp3) is 0.417. The molecular formula is C12H15NO5S. The highest BCUT2D eigenvalue weighted by Crippen LogP contribution is 2.20. The number of sulfonamides is 1. The minimum absolute atomic E-state index is 0.189. The number of rotatable bonds is 4. The van der Waals surface area contributed by atoms with Crippen LogP contribution in [-0.2, 0) is 10.0 Å². The third-order valence-corrected chi connectivity index (χ3v) is 4.25. The first kappa shape index (κ1) is 13.8. The lowest BCUT2D eigenvalue weighted by atomic mass is 10.2. The van der Waals surface area contributed by atoms with Gasteiger partial charge < -0.3 is 9.84 Å². The van der Waals surface area contributed by atoms with Crippen LogP contribution < -0.4 is 4.74 Å². The summed E-state index contributed by atoms with van der Waals surface area (Å²) in [5.41, 5.74) is 0.191. The van der Waals surface area contributed by atoms with Crippen LogP contribution >= 0.6 is 0 Å². The lowest BCUT2D eigenvalue weighted by Gasteiger charge is -2.15. The van der Waals surface area contributed by atoms with Crippen molar-refractivity contribution in [3.05, 3.63) is 29.8 Å². The van der Waals surface area contributed by atoms with Gasteiger partial charge >= 0.3 is 5.97 Å². The zero-order valence-electron chi connectivity index (χ0n) is 10.4. The lowest BCUT2D eigenvalue weighted by molar-refractivity contribution is 0.0697. The monoisotopic (exact) mass is 285 g/mol. The van der Waals surface area contributed by atoms with E-state index in [-0.39, 0.29) is 11.7 Å². The van der Waals surface area contributed by atoms with Crippen LogP contribution in [0.15, 0.2) is 24.3 Å². The molecule has 0 radical (unpaired) electrons. The highest BCUT2D eigenvalue weighted by atomic mass is 32.2. The van der Waals surface area contributed by atoms with E-state index in [9.17, 15) is 13.2 Å². The van der Waals surface area contributed by atoms with Gasteiger partial charge in [-0.2, -0.15) is 4.31 Å². The molecule has 0 saturated carbocycles. The number of hydrogen-bond acceptors (Lipinski definition) is 4. The van der Waals surface area contributed by atoms with Gasteiger partial charge in [0.05, 0.1) is 18.4 Å². The highest BCUT2D eigenvalue weighted by Gasteiger charge is 2.29. The highest BCUT2D eigenvalue weighted by molar-refractivity contribution is 7.88. The predicted molar refractivity (Wildman–Crippen MR) is 68.9 cm³/mol. The molecular weight excluding hydrogens is 270 g/mol. The molecule has 1 atom stereocenters. The largest absolute Gasteiger partial charge is 0.489 e. The molecule has 1 aromatic rings. The SMILES string of the molecule is CS(=O)(=O)N1CC[C@@H](Oc2ccc(C(=O)O)cc2)C1. The molecule has 0 amide bonds. The molecule has 0 spiro atoms. The van der Waals surface area contributed by atoms with Crippen molar-refractivity contribution in [2.24, 2.45) is 0 Å². The molecule has 1 saturated heterocycles. The summed E-state index contributed by atoms with van der Waals surface area (Å²) in [6.07, 6.45) is 1.62. The van der Waals surface area contributed by atoms with Gasteiger partial charge in [-0.25, -0.2) is 13.2 Å². The summed E-state index contributed by atoms with van der Waals surface area (Å²) in [6.45, 7) is 0.788. The summed E-state index contributed by atoms with van der Waals surface area (Å²) in [5, 5.41) is 8.77. The zero-order valence-corrected chi connectivity index (χ0v) is 11.3. The van der Waals surface area contributed by atoms with Gasteiger partial charge in [0.25, 0.3) is 0 Å². The van der Waals surface area contributed by atoms with E-state index in [0.29, 0.717) is 25.3 Å². The molecule has 6 nitrogen and oxygen atoms in total. The van der Waals surface area contributed by atoms with Gasteiger partial charge in [0.1, 0.15) is 11.9 Å². The van der Waals surface area contributed by atoms with Crippen LogP contribution in [0.5, 0.6) is 5.75 Å². The molecule has 0 bridgehead atoms.